The normalized spacial score (nSPS) is 13.4. The number of fused-ring (bicyclic) bond motifs is 1. The second-order valence-corrected chi connectivity index (χ2v) is 10.8. The standard InChI is InChI=1S/C24H27FNO5P/c1-16(2)26-21-7-5-4-6-20(21)24(17-8-10-18(25)11-9-17)22(26)12-13-32(30,31-3)15-19(27)14-23(28)29/h4-11,16H,12-15H2,1-3H3,(H,28,29). The van der Waals surface area contributed by atoms with E-state index < -0.39 is 31.7 Å². The molecule has 0 aliphatic heterocycles. The Morgan fingerprint density at radius 2 is 1.78 bits per heavy atom. The molecular formula is C24H27FNO5P. The topological polar surface area (TPSA) is 85.6 Å². The molecule has 0 amide bonds. The number of para-hydroxylation sites is 1. The molecule has 170 valence electrons. The quantitative estimate of drug-likeness (QED) is 0.318. The van der Waals surface area contributed by atoms with Crippen molar-refractivity contribution in [3.8, 4) is 11.1 Å². The number of carboxylic acid groups (broad SMARTS) is 1. The van der Waals surface area contributed by atoms with Gasteiger partial charge in [0, 0.05) is 41.5 Å². The van der Waals surface area contributed by atoms with Gasteiger partial charge < -0.3 is 14.2 Å². The van der Waals surface area contributed by atoms with Gasteiger partial charge in [0.1, 0.15) is 12.2 Å². The first-order valence-electron chi connectivity index (χ1n) is 10.4. The smallest absolute Gasteiger partial charge is 0.310 e. The second-order valence-electron chi connectivity index (χ2n) is 8.05. The molecule has 0 bridgehead atoms. The molecule has 0 spiro atoms. The van der Waals surface area contributed by atoms with E-state index in [1.807, 2.05) is 24.3 Å². The number of benzene rings is 2. The number of nitrogens with zero attached hydrogens (tertiary/aromatic N) is 1. The first-order valence-corrected chi connectivity index (χ1v) is 12.4. The molecular weight excluding hydrogens is 432 g/mol. The average molecular weight is 459 g/mol. The lowest BCUT2D eigenvalue weighted by Gasteiger charge is -2.19. The Hall–Kier alpha value is -2.76. The van der Waals surface area contributed by atoms with Crippen LogP contribution in [0.2, 0.25) is 0 Å². The van der Waals surface area contributed by atoms with Crippen LogP contribution in [0, 0.1) is 5.82 Å². The lowest BCUT2D eigenvalue weighted by Crippen LogP contribution is -2.15. The number of hydrogen-bond donors (Lipinski definition) is 1. The molecule has 1 atom stereocenters. The molecule has 0 aliphatic rings. The minimum absolute atomic E-state index is 0.0894. The van der Waals surface area contributed by atoms with Gasteiger partial charge in [0.05, 0.1) is 6.16 Å². The van der Waals surface area contributed by atoms with Crippen molar-refractivity contribution in [2.75, 3.05) is 19.4 Å². The molecule has 1 unspecified atom stereocenters. The number of ketones is 1. The minimum atomic E-state index is -3.38. The Morgan fingerprint density at radius 1 is 1.12 bits per heavy atom. The summed E-state index contributed by atoms with van der Waals surface area (Å²) in [7, 11) is -2.09. The number of carbonyl (C=O) groups excluding carboxylic acids is 1. The third kappa shape index (κ3) is 5.17. The number of aliphatic carboxylic acids is 1. The highest BCUT2D eigenvalue weighted by Crippen LogP contribution is 2.48. The van der Waals surface area contributed by atoms with E-state index >= 15 is 0 Å². The monoisotopic (exact) mass is 459 g/mol. The molecule has 32 heavy (non-hydrogen) atoms. The van der Waals surface area contributed by atoms with Crippen molar-refractivity contribution in [3.05, 3.63) is 60.0 Å². The maximum Gasteiger partial charge on any atom is 0.310 e. The molecule has 0 saturated heterocycles. The number of carbonyl (C=O) groups is 2. The molecule has 8 heteroatoms. The summed E-state index contributed by atoms with van der Waals surface area (Å²) in [6, 6.07) is 14.3. The summed E-state index contributed by atoms with van der Waals surface area (Å²) in [6.07, 6.45) is -0.652. The Bertz CT molecular complexity index is 1180. The lowest BCUT2D eigenvalue weighted by atomic mass is 10.0. The van der Waals surface area contributed by atoms with Crippen molar-refractivity contribution in [2.45, 2.75) is 32.7 Å². The first-order chi connectivity index (χ1) is 15.1. The summed E-state index contributed by atoms with van der Waals surface area (Å²) < 4.78 is 34.2. The summed E-state index contributed by atoms with van der Waals surface area (Å²) in [5, 5.41) is 9.84. The van der Waals surface area contributed by atoms with E-state index in [1.165, 1.54) is 19.2 Å². The summed E-state index contributed by atoms with van der Waals surface area (Å²) in [5.74, 6) is -2.20. The minimum Gasteiger partial charge on any atom is -0.481 e. The molecule has 0 aliphatic carbocycles. The van der Waals surface area contributed by atoms with Gasteiger partial charge >= 0.3 is 5.97 Å². The van der Waals surface area contributed by atoms with Gasteiger partial charge in [-0.15, -0.1) is 0 Å². The highest BCUT2D eigenvalue weighted by atomic mass is 31.2. The van der Waals surface area contributed by atoms with Crippen molar-refractivity contribution >= 4 is 30.0 Å². The summed E-state index contributed by atoms with van der Waals surface area (Å²) in [4.78, 5) is 22.8. The number of halogens is 1. The Labute approximate surface area is 186 Å². The molecule has 1 heterocycles. The van der Waals surface area contributed by atoms with Crippen molar-refractivity contribution in [3.63, 3.8) is 0 Å². The van der Waals surface area contributed by atoms with Crippen molar-refractivity contribution < 1.29 is 28.2 Å². The molecule has 0 fully saturated rings. The highest BCUT2D eigenvalue weighted by Gasteiger charge is 2.29. The van der Waals surface area contributed by atoms with Gasteiger partial charge in [0.15, 0.2) is 5.78 Å². The predicted molar refractivity (Wildman–Crippen MR) is 123 cm³/mol. The van der Waals surface area contributed by atoms with Gasteiger partial charge in [0.2, 0.25) is 7.37 Å². The van der Waals surface area contributed by atoms with Gasteiger partial charge in [-0.1, -0.05) is 30.3 Å². The number of hydrogen-bond acceptors (Lipinski definition) is 4. The molecule has 0 radical (unpaired) electrons. The number of rotatable bonds is 10. The van der Waals surface area contributed by atoms with E-state index in [0.29, 0.717) is 6.42 Å². The van der Waals surface area contributed by atoms with Gasteiger partial charge in [-0.05, 0) is 44.0 Å². The maximum absolute atomic E-state index is 13.6. The van der Waals surface area contributed by atoms with Gasteiger partial charge in [0.25, 0.3) is 0 Å². The molecule has 3 rings (SSSR count). The molecule has 3 aromatic rings. The predicted octanol–water partition coefficient (Wildman–Crippen LogP) is 5.54. The van der Waals surface area contributed by atoms with Crippen LogP contribution in [0.3, 0.4) is 0 Å². The van der Waals surface area contributed by atoms with Gasteiger partial charge in [-0.25, -0.2) is 4.39 Å². The molecule has 6 nitrogen and oxygen atoms in total. The molecule has 1 aromatic heterocycles. The van der Waals surface area contributed by atoms with Crippen molar-refractivity contribution in [1.29, 1.82) is 0 Å². The van der Waals surface area contributed by atoms with E-state index in [9.17, 15) is 18.5 Å². The summed E-state index contributed by atoms with van der Waals surface area (Å²) in [6.45, 7) is 4.10. The first kappa shape index (κ1) is 23.9. The fourth-order valence-electron chi connectivity index (χ4n) is 4.09. The third-order valence-electron chi connectivity index (χ3n) is 5.45. The Morgan fingerprint density at radius 3 is 2.38 bits per heavy atom. The number of carboxylic acids is 1. The van der Waals surface area contributed by atoms with Crippen molar-refractivity contribution in [1.82, 2.24) is 4.57 Å². The second kappa shape index (κ2) is 9.80. The zero-order chi connectivity index (χ0) is 23.5. The molecule has 2 aromatic carbocycles. The summed E-state index contributed by atoms with van der Waals surface area (Å²) >= 11 is 0. The SMILES string of the molecule is COP(=O)(CCc1c(-c2ccc(F)cc2)c2ccccc2n1C(C)C)CC(=O)CC(=O)O. The van der Waals surface area contributed by atoms with Crippen LogP contribution in [0.5, 0.6) is 0 Å². The van der Waals surface area contributed by atoms with E-state index in [2.05, 4.69) is 18.4 Å². The van der Waals surface area contributed by atoms with E-state index in [-0.39, 0.29) is 18.0 Å². The van der Waals surface area contributed by atoms with Gasteiger partial charge in [-0.2, -0.15) is 0 Å². The van der Waals surface area contributed by atoms with Gasteiger partial charge in [-0.3, -0.25) is 14.2 Å². The number of aromatic nitrogens is 1. The van der Waals surface area contributed by atoms with Crippen LogP contribution >= 0.6 is 7.37 Å². The lowest BCUT2D eigenvalue weighted by molar-refractivity contribution is -0.139. The van der Waals surface area contributed by atoms with Crippen LogP contribution in [-0.2, 0) is 25.1 Å². The zero-order valence-corrected chi connectivity index (χ0v) is 19.3. The average Bonchev–Trinajstić information content (AvgIpc) is 3.06. The van der Waals surface area contributed by atoms with E-state index in [4.69, 9.17) is 9.63 Å². The molecule has 0 saturated carbocycles. The third-order valence-corrected chi connectivity index (χ3v) is 7.85. The van der Waals surface area contributed by atoms with Crippen LogP contribution < -0.4 is 0 Å². The van der Waals surface area contributed by atoms with E-state index in [1.54, 1.807) is 12.1 Å². The number of Topliss-reactive ketones (excluding diaryl/α,β-unsaturated/α-hetero) is 1. The maximum atomic E-state index is 13.6. The fraction of sp³-hybridized carbons (Fsp3) is 0.333. The molecule has 1 N–H and O–H groups in total. The largest absolute Gasteiger partial charge is 0.481 e. The van der Waals surface area contributed by atoms with Crippen LogP contribution in [-0.4, -0.2) is 40.9 Å². The fourth-order valence-corrected chi connectivity index (χ4v) is 5.77. The van der Waals surface area contributed by atoms with Crippen molar-refractivity contribution in [2.24, 2.45) is 0 Å². The highest BCUT2D eigenvalue weighted by molar-refractivity contribution is 7.59. The van der Waals surface area contributed by atoms with E-state index in [0.717, 1.165) is 27.7 Å². The summed E-state index contributed by atoms with van der Waals surface area (Å²) in [5.41, 5.74) is 3.68. The zero-order valence-electron chi connectivity index (χ0n) is 18.4. The van der Waals surface area contributed by atoms with Crippen LogP contribution in [0.4, 0.5) is 4.39 Å². The Kier molecular flexibility index (Phi) is 7.32. The van der Waals surface area contributed by atoms with Crippen LogP contribution in [0.1, 0.15) is 32.0 Å². The van der Waals surface area contributed by atoms with Crippen LogP contribution in [0.15, 0.2) is 48.5 Å². The van der Waals surface area contributed by atoms with Crippen LogP contribution in [0.25, 0.3) is 22.0 Å². The Balaban J connectivity index is 2.06.